The van der Waals surface area contributed by atoms with Crippen LogP contribution >= 0.6 is 11.6 Å². The molecule has 2 aliphatic rings. The highest BCUT2D eigenvalue weighted by Crippen LogP contribution is 2.35. The van der Waals surface area contributed by atoms with Crippen LogP contribution in [-0.4, -0.2) is 36.5 Å². The van der Waals surface area contributed by atoms with E-state index in [1.807, 2.05) is 13.0 Å². The zero-order valence-electron chi connectivity index (χ0n) is 21.1. The van der Waals surface area contributed by atoms with Gasteiger partial charge in [0.15, 0.2) is 9.84 Å². The number of Topliss-reactive ketones (excluding diaryl/α,β-unsaturated/α-hetero) is 1. The fourth-order valence-electron chi connectivity index (χ4n) is 5.07. The summed E-state index contributed by atoms with van der Waals surface area (Å²) in [5.74, 6) is -0.427. The van der Waals surface area contributed by atoms with Crippen molar-refractivity contribution in [1.29, 1.82) is 0 Å². The molecule has 0 bridgehead atoms. The molecule has 2 amide bonds. The number of aryl methyl sites for hydroxylation is 1. The predicted molar refractivity (Wildman–Crippen MR) is 141 cm³/mol. The van der Waals surface area contributed by atoms with Crippen LogP contribution in [0.25, 0.3) is 0 Å². The lowest BCUT2D eigenvalue weighted by Gasteiger charge is -2.30. The number of nitrogens with zero attached hydrogens (tertiary/aromatic N) is 1. The molecule has 0 spiro atoms. The zero-order chi connectivity index (χ0) is 26.4. The lowest BCUT2D eigenvalue weighted by Crippen LogP contribution is -2.35. The van der Waals surface area contributed by atoms with Gasteiger partial charge in [0, 0.05) is 17.4 Å². The lowest BCUT2D eigenvalue weighted by molar-refractivity contribution is -0.123. The molecule has 1 aliphatic carbocycles. The summed E-state index contributed by atoms with van der Waals surface area (Å²) in [6.07, 6.45) is 3.17. The van der Waals surface area contributed by atoms with E-state index in [1.54, 1.807) is 45.0 Å². The zero-order valence-corrected chi connectivity index (χ0v) is 22.7. The number of hydrogen-bond donors (Lipinski definition) is 0. The number of imide groups is 1. The van der Waals surface area contributed by atoms with E-state index in [0.717, 1.165) is 28.9 Å². The summed E-state index contributed by atoms with van der Waals surface area (Å²) in [7, 11) is -3.17. The summed E-state index contributed by atoms with van der Waals surface area (Å²) in [5.41, 5.74) is 2.68. The number of hydrogen-bond acceptors (Lipinski definition) is 5. The van der Waals surface area contributed by atoms with Crippen LogP contribution in [0, 0.1) is 18.8 Å². The van der Waals surface area contributed by atoms with Crippen LogP contribution in [0.2, 0.25) is 5.02 Å². The molecular formula is C28H32ClNO5S. The van der Waals surface area contributed by atoms with Gasteiger partial charge in [-0.1, -0.05) is 23.7 Å². The number of halogens is 1. The molecule has 1 aliphatic heterocycles. The van der Waals surface area contributed by atoms with Gasteiger partial charge in [0.2, 0.25) is 0 Å². The molecule has 1 fully saturated rings. The number of sulfone groups is 1. The van der Waals surface area contributed by atoms with Gasteiger partial charge in [0.25, 0.3) is 11.8 Å². The topological polar surface area (TPSA) is 88.6 Å². The molecule has 4 rings (SSSR count). The number of carbonyl (C=O) groups excluding carboxylic acids is 3. The molecule has 0 aromatic heterocycles. The summed E-state index contributed by atoms with van der Waals surface area (Å²) < 4.78 is 24.3. The van der Waals surface area contributed by atoms with Gasteiger partial charge >= 0.3 is 0 Å². The number of fused-ring (bicyclic) bond motifs is 1. The normalized spacial score (nSPS) is 20.5. The van der Waals surface area contributed by atoms with Crippen LogP contribution in [-0.2, 0) is 21.1 Å². The van der Waals surface area contributed by atoms with Gasteiger partial charge in [-0.15, -0.1) is 0 Å². The summed E-state index contributed by atoms with van der Waals surface area (Å²) in [4.78, 5) is 40.0. The smallest absolute Gasteiger partial charge is 0.266 e. The van der Waals surface area contributed by atoms with Crippen LogP contribution in [0.1, 0.15) is 78.3 Å². The Morgan fingerprint density at radius 2 is 1.61 bits per heavy atom. The van der Waals surface area contributed by atoms with Gasteiger partial charge in [0.05, 0.1) is 27.3 Å². The fourth-order valence-corrected chi connectivity index (χ4v) is 6.69. The largest absolute Gasteiger partial charge is 0.299 e. The van der Waals surface area contributed by atoms with Crippen molar-refractivity contribution in [3.05, 3.63) is 63.7 Å². The molecule has 0 N–H and O–H groups in total. The lowest BCUT2D eigenvalue weighted by atomic mass is 9.79. The van der Waals surface area contributed by atoms with Crippen molar-refractivity contribution in [3.63, 3.8) is 0 Å². The number of anilines is 1. The summed E-state index contributed by atoms with van der Waals surface area (Å²) >= 11 is 6.01. The highest BCUT2D eigenvalue weighted by atomic mass is 35.5. The minimum atomic E-state index is -3.17. The Kier molecular flexibility index (Phi) is 7.19. The molecular weight excluding hydrogens is 498 g/mol. The van der Waals surface area contributed by atoms with Gasteiger partial charge in [0.1, 0.15) is 5.78 Å². The molecule has 0 saturated heterocycles. The van der Waals surface area contributed by atoms with Gasteiger partial charge < -0.3 is 0 Å². The second-order valence-electron chi connectivity index (χ2n) is 11.0. The van der Waals surface area contributed by atoms with Crippen molar-refractivity contribution in [2.75, 3.05) is 10.7 Å². The maximum atomic E-state index is 13.0. The number of amides is 2. The number of carbonyl (C=O) groups is 3. The molecule has 8 heteroatoms. The number of benzene rings is 2. The van der Waals surface area contributed by atoms with E-state index >= 15 is 0 Å². The van der Waals surface area contributed by atoms with Crippen molar-refractivity contribution < 1.29 is 22.8 Å². The number of rotatable bonds is 6. The SMILES string of the molecule is Cc1cc(CC(=O)C2CCC(CS(=O)(=O)C(C)(C)C)CC2)ccc1N1C(=O)c2ccc(Cl)cc2C1=O. The molecule has 0 atom stereocenters. The Morgan fingerprint density at radius 3 is 2.22 bits per heavy atom. The van der Waals surface area contributed by atoms with Gasteiger partial charge in [-0.3, -0.25) is 14.4 Å². The molecule has 0 radical (unpaired) electrons. The Hall–Kier alpha value is -2.51. The maximum absolute atomic E-state index is 13.0. The quantitative estimate of drug-likeness (QED) is 0.456. The molecule has 1 heterocycles. The summed E-state index contributed by atoms with van der Waals surface area (Å²) in [6.45, 7) is 7.01. The Morgan fingerprint density at radius 1 is 0.972 bits per heavy atom. The van der Waals surface area contributed by atoms with Gasteiger partial charge in [-0.2, -0.15) is 0 Å². The molecule has 0 unspecified atom stereocenters. The molecule has 1 saturated carbocycles. The Bertz CT molecular complexity index is 1330. The van der Waals surface area contributed by atoms with E-state index in [2.05, 4.69) is 0 Å². The van der Waals surface area contributed by atoms with E-state index in [9.17, 15) is 22.8 Å². The molecule has 36 heavy (non-hydrogen) atoms. The maximum Gasteiger partial charge on any atom is 0.266 e. The van der Waals surface area contributed by atoms with Crippen LogP contribution in [0.4, 0.5) is 5.69 Å². The van der Waals surface area contributed by atoms with Gasteiger partial charge in [-0.05, 0) is 94.7 Å². The van der Waals surface area contributed by atoms with Crippen molar-refractivity contribution in [1.82, 2.24) is 0 Å². The summed E-state index contributed by atoms with van der Waals surface area (Å²) in [6, 6.07) is 10.0. The highest BCUT2D eigenvalue weighted by molar-refractivity contribution is 7.92. The molecule has 192 valence electrons. The van der Waals surface area contributed by atoms with E-state index in [4.69, 9.17) is 11.6 Å². The second-order valence-corrected chi connectivity index (χ2v) is 14.2. The predicted octanol–water partition coefficient (Wildman–Crippen LogP) is 5.58. The first-order valence-electron chi connectivity index (χ1n) is 12.3. The Balaban J connectivity index is 1.39. The highest BCUT2D eigenvalue weighted by Gasteiger charge is 2.38. The van der Waals surface area contributed by atoms with E-state index in [1.165, 1.54) is 6.07 Å². The molecule has 6 nitrogen and oxygen atoms in total. The Labute approximate surface area is 217 Å². The van der Waals surface area contributed by atoms with Crippen LogP contribution < -0.4 is 4.90 Å². The first-order valence-corrected chi connectivity index (χ1v) is 14.3. The van der Waals surface area contributed by atoms with Crippen LogP contribution in [0.15, 0.2) is 36.4 Å². The van der Waals surface area contributed by atoms with E-state index < -0.39 is 20.5 Å². The third-order valence-corrected chi connectivity index (χ3v) is 10.4. The third kappa shape index (κ3) is 5.14. The molecule has 2 aromatic carbocycles. The first-order chi connectivity index (χ1) is 16.8. The summed E-state index contributed by atoms with van der Waals surface area (Å²) in [5, 5.41) is 0.396. The average molecular weight is 530 g/mol. The standard InChI is InChI=1S/C28H32ClNO5S/c1-17-13-19(7-12-24(17)30-26(32)22-11-10-21(29)15-23(22)27(30)33)14-25(31)20-8-5-18(6-9-20)16-36(34,35)28(2,3)4/h7,10-13,15,18,20H,5-6,8-9,14,16H2,1-4H3. The van der Waals surface area contributed by atoms with Gasteiger partial charge in [-0.25, -0.2) is 13.3 Å². The van der Waals surface area contributed by atoms with Crippen molar-refractivity contribution in [2.45, 2.75) is 64.5 Å². The third-order valence-electron chi connectivity index (χ3n) is 7.42. The van der Waals surface area contributed by atoms with Crippen molar-refractivity contribution in [2.24, 2.45) is 11.8 Å². The monoisotopic (exact) mass is 529 g/mol. The first kappa shape index (κ1) is 26.6. The van der Waals surface area contributed by atoms with Crippen molar-refractivity contribution in [3.8, 4) is 0 Å². The van der Waals surface area contributed by atoms with Crippen molar-refractivity contribution >= 4 is 44.7 Å². The van der Waals surface area contributed by atoms with Crippen LogP contribution in [0.3, 0.4) is 0 Å². The average Bonchev–Trinajstić information content (AvgIpc) is 3.03. The fraction of sp³-hybridized carbons (Fsp3) is 0.464. The van der Waals surface area contributed by atoms with E-state index in [0.29, 0.717) is 29.1 Å². The minimum absolute atomic E-state index is 0.0699. The molecule has 2 aromatic rings. The minimum Gasteiger partial charge on any atom is -0.299 e. The van der Waals surface area contributed by atoms with Crippen LogP contribution in [0.5, 0.6) is 0 Å². The second kappa shape index (κ2) is 9.75. The number of ketones is 1. The van der Waals surface area contributed by atoms with E-state index in [-0.39, 0.29) is 41.3 Å².